The van der Waals surface area contributed by atoms with Crippen LogP contribution in [0.3, 0.4) is 0 Å². The fourth-order valence-electron chi connectivity index (χ4n) is 4.72. The highest BCUT2D eigenvalue weighted by Crippen LogP contribution is 2.25. The standard InChI is InChI=1S/C30H34ClN3O4S/c1-22-12-18-28(19-13-22)39(37,38)34(27-10-4-3-5-11-27)21-29(35)33(20-24-14-16-25(31)17-15-24)23(2)30(36)32-26-8-6-7-9-26/h3-5,10-19,23,26H,6-9,20-21H2,1-2H3,(H,32,36)/t23-/m0/s1. The van der Waals surface area contributed by atoms with Gasteiger partial charge in [0.25, 0.3) is 10.0 Å². The van der Waals surface area contributed by atoms with E-state index >= 15 is 0 Å². The number of nitrogens with zero attached hydrogens (tertiary/aromatic N) is 2. The van der Waals surface area contributed by atoms with Crippen molar-refractivity contribution in [2.24, 2.45) is 0 Å². The lowest BCUT2D eigenvalue weighted by Gasteiger charge is -2.32. The first-order valence-corrected chi connectivity index (χ1v) is 15.0. The first-order chi connectivity index (χ1) is 18.6. The first-order valence-electron chi connectivity index (χ1n) is 13.1. The summed E-state index contributed by atoms with van der Waals surface area (Å²) in [6.45, 7) is 3.22. The summed E-state index contributed by atoms with van der Waals surface area (Å²) in [4.78, 5) is 28.7. The van der Waals surface area contributed by atoms with Crippen molar-refractivity contribution in [1.29, 1.82) is 0 Å². The number of halogens is 1. The molecule has 1 atom stereocenters. The average molecular weight is 568 g/mol. The van der Waals surface area contributed by atoms with Crippen LogP contribution in [0.5, 0.6) is 0 Å². The minimum absolute atomic E-state index is 0.0843. The second-order valence-corrected chi connectivity index (χ2v) is 12.3. The number of carbonyl (C=O) groups excluding carboxylic acids is 2. The van der Waals surface area contributed by atoms with Crippen LogP contribution in [0.4, 0.5) is 5.69 Å². The van der Waals surface area contributed by atoms with Gasteiger partial charge >= 0.3 is 0 Å². The molecule has 4 rings (SSSR count). The molecule has 0 aromatic heterocycles. The van der Waals surface area contributed by atoms with Gasteiger partial charge in [0.2, 0.25) is 11.8 Å². The van der Waals surface area contributed by atoms with Crippen molar-refractivity contribution >= 4 is 39.1 Å². The highest BCUT2D eigenvalue weighted by Gasteiger charge is 2.33. The Balaban J connectivity index is 1.66. The third-order valence-corrected chi connectivity index (χ3v) is 9.11. The third-order valence-electron chi connectivity index (χ3n) is 7.07. The summed E-state index contributed by atoms with van der Waals surface area (Å²) < 4.78 is 28.7. The molecule has 7 nitrogen and oxygen atoms in total. The zero-order valence-corrected chi connectivity index (χ0v) is 23.8. The quantitative estimate of drug-likeness (QED) is 0.359. The minimum Gasteiger partial charge on any atom is -0.352 e. The molecule has 1 aliphatic rings. The van der Waals surface area contributed by atoms with Gasteiger partial charge < -0.3 is 10.2 Å². The van der Waals surface area contributed by atoms with Gasteiger partial charge in [-0.15, -0.1) is 0 Å². The van der Waals surface area contributed by atoms with Crippen molar-refractivity contribution in [2.75, 3.05) is 10.8 Å². The zero-order chi connectivity index (χ0) is 28.0. The molecular weight excluding hydrogens is 534 g/mol. The van der Waals surface area contributed by atoms with Crippen LogP contribution in [0.25, 0.3) is 0 Å². The van der Waals surface area contributed by atoms with Gasteiger partial charge in [0.1, 0.15) is 12.6 Å². The number of sulfonamides is 1. The molecule has 206 valence electrons. The Bertz CT molecular complexity index is 1370. The number of hydrogen-bond acceptors (Lipinski definition) is 4. The van der Waals surface area contributed by atoms with Crippen molar-refractivity contribution in [3.63, 3.8) is 0 Å². The number of benzene rings is 3. The maximum Gasteiger partial charge on any atom is 0.264 e. The molecule has 1 fully saturated rings. The van der Waals surface area contributed by atoms with Crippen LogP contribution < -0.4 is 9.62 Å². The Morgan fingerprint density at radius 2 is 1.56 bits per heavy atom. The molecule has 1 saturated carbocycles. The molecule has 0 unspecified atom stereocenters. The lowest BCUT2D eigenvalue weighted by Crippen LogP contribution is -2.52. The molecule has 9 heteroatoms. The van der Waals surface area contributed by atoms with Gasteiger partial charge in [-0.3, -0.25) is 13.9 Å². The van der Waals surface area contributed by atoms with Gasteiger partial charge in [-0.1, -0.05) is 72.5 Å². The van der Waals surface area contributed by atoms with Crippen molar-refractivity contribution in [3.05, 3.63) is 95.0 Å². The van der Waals surface area contributed by atoms with Crippen LogP contribution in [0.15, 0.2) is 83.8 Å². The van der Waals surface area contributed by atoms with Gasteiger partial charge in [-0.05, 0) is 68.7 Å². The molecule has 3 aromatic carbocycles. The van der Waals surface area contributed by atoms with Crippen LogP contribution in [0.2, 0.25) is 5.02 Å². The zero-order valence-electron chi connectivity index (χ0n) is 22.2. The summed E-state index contributed by atoms with van der Waals surface area (Å²) in [7, 11) is -4.07. The van der Waals surface area contributed by atoms with Crippen molar-refractivity contribution in [3.8, 4) is 0 Å². The summed E-state index contributed by atoms with van der Waals surface area (Å²) in [5.41, 5.74) is 2.06. The molecule has 3 aromatic rings. The van der Waals surface area contributed by atoms with Crippen molar-refractivity contribution in [1.82, 2.24) is 10.2 Å². The molecule has 1 N–H and O–H groups in total. The van der Waals surface area contributed by atoms with Gasteiger partial charge in [0.05, 0.1) is 10.6 Å². The van der Waals surface area contributed by atoms with E-state index in [1.807, 2.05) is 6.92 Å². The summed E-state index contributed by atoms with van der Waals surface area (Å²) in [6, 6.07) is 21.4. The van der Waals surface area contributed by atoms with E-state index in [4.69, 9.17) is 11.6 Å². The number of para-hydroxylation sites is 1. The Morgan fingerprint density at radius 3 is 2.18 bits per heavy atom. The van der Waals surface area contributed by atoms with Crippen LogP contribution >= 0.6 is 11.6 Å². The number of amides is 2. The van der Waals surface area contributed by atoms with E-state index in [2.05, 4.69) is 5.32 Å². The van der Waals surface area contributed by atoms with E-state index < -0.39 is 28.5 Å². The van der Waals surface area contributed by atoms with E-state index in [0.717, 1.165) is 41.1 Å². The monoisotopic (exact) mass is 567 g/mol. The predicted octanol–water partition coefficient (Wildman–Crippen LogP) is 5.32. The molecular formula is C30H34ClN3O4S. The normalized spacial score (nSPS) is 14.5. The number of rotatable bonds is 10. The fourth-order valence-corrected chi connectivity index (χ4v) is 6.26. The lowest BCUT2D eigenvalue weighted by molar-refractivity contribution is -0.139. The molecule has 0 spiro atoms. The summed E-state index contributed by atoms with van der Waals surface area (Å²) in [5.74, 6) is -0.740. The number of nitrogens with one attached hydrogen (secondary N) is 1. The summed E-state index contributed by atoms with van der Waals surface area (Å²) >= 11 is 6.06. The second-order valence-electron chi connectivity index (χ2n) is 9.97. The van der Waals surface area contributed by atoms with Crippen molar-refractivity contribution < 1.29 is 18.0 Å². The average Bonchev–Trinajstić information content (AvgIpc) is 3.44. The van der Waals surface area contributed by atoms with E-state index in [-0.39, 0.29) is 23.4 Å². The number of carbonyl (C=O) groups is 2. The molecule has 39 heavy (non-hydrogen) atoms. The molecule has 0 radical (unpaired) electrons. The predicted molar refractivity (Wildman–Crippen MR) is 154 cm³/mol. The number of aryl methyl sites for hydroxylation is 1. The maximum absolute atomic E-state index is 13.9. The van der Waals surface area contributed by atoms with Gasteiger partial charge in [-0.25, -0.2) is 8.42 Å². The van der Waals surface area contributed by atoms with E-state index in [1.165, 1.54) is 17.0 Å². The van der Waals surface area contributed by atoms with Crippen LogP contribution in [0, 0.1) is 6.92 Å². The van der Waals surface area contributed by atoms with E-state index in [1.54, 1.807) is 73.7 Å². The highest BCUT2D eigenvalue weighted by molar-refractivity contribution is 7.92. The summed E-state index contributed by atoms with van der Waals surface area (Å²) in [6.07, 6.45) is 3.96. The first kappa shape index (κ1) is 28.6. The van der Waals surface area contributed by atoms with Crippen molar-refractivity contribution in [2.45, 2.75) is 63.1 Å². The van der Waals surface area contributed by atoms with E-state index in [0.29, 0.717) is 10.7 Å². The topological polar surface area (TPSA) is 86.8 Å². The van der Waals surface area contributed by atoms with Gasteiger partial charge in [-0.2, -0.15) is 0 Å². The van der Waals surface area contributed by atoms with E-state index in [9.17, 15) is 18.0 Å². The second kappa shape index (κ2) is 12.7. The molecule has 0 heterocycles. The number of anilines is 1. The number of hydrogen-bond donors (Lipinski definition) is 1. The molecule has 0 saturated heterocycles. The Kier molecular flexibility index (Phi) is 9.30. The third kappa shape index (κ3) is 7.19. The molecule has 2 amide bonds. The SMILES string of the molecule is Cc1ccc(S(=O)(=O)N(CC(=O)N(Cc2ccc(Cl)cc2)[C@@H](C)C(=O)NC2CCCC2)c2ccccc2)cc1. The van der Waals surface area contributed by atoms with Gasteiger partial charge in [0.15, 0.2) is 0 Å². The van der Waals surface area contributed by atoms with Crippen LogP contribution in [-0.4, -0.2) is 43.8 Å². The molecule has 0 bridgehead atoms. The van der Waals surface area contributed by atoms with Crippen LogP contribution in [-0.2, 0) is 26.2 Å². The Labute approximate surface area is 235 Å². The van der Waals surface area contributed by atoms with Gasteiger partial charge in [0, 0.05) is 17.6 Å². The highest BCUT2D eigenvalue weighted by atomic mass is 35.5. The Morgan fingerprint density at radius 1 is 0.949 bits per heavy atom. The minimum atomic E-state index is -4.07. The fraction of sp³-hybridized carbons (Fsp3) is 0.333. The lowest BCUT2D eigenvalue weighted by atomic mass is 10.1. The smallest absolute Gasteiger partial charge is 0.264 e. The van der Waals surface area contributed by atoms with Crippen LogP contribution in [0.1, 0.15) is 43.7 Å². The Hall–Kier alpha value is -3.36. The summed E-state index contributed by atoms with van der Waals surface area (Å²) in [5, 5.41) is 3.63. The molecule has 1 aliphatic carbocycles. The largest absolute Gasteiger partial charge is 0.352 e. The molecule has 0 aliphatic heterocycles. The maximum atomic E-state index is 13.9.